The Bertz CT molecular complexity index is 835. The number of hydrogen-bond acceptors (Lipinski definition) is 5. The molecule has 0 aliphatic rings. The molecule has 1 aromatic carbocycles. The summed E-state index contributed by atoms with van der Waals surface area (Å²) in [6.07, 6.45) is 3.05. The maximum Gasteiger partial charge on any atom is 0.216 e. The predicted molar refractivity (Wildman–Crippen MR) is 87.6 cm³/mol. The van der Waals surface area contributed by atoms with E-state index >= 15 is 0 Å². The Hall–Kier alpha value is -2.19. The molecule has 8 heteroatoms. The first-order valence-corrected chi connectivity index (χ1v) is 7.54. The molecule has 0 bridgehead atoms. The van der Waals surface area contributed by atoms with Crippen molar-refractivity contribution in [2.75, 3.05) is 0 Å². The minimum absolute atomic E-state index is 0.348. The highest BCUT2D eigenvalue weighted by Gasteiger charge is 2.02. The molecule has 6 nitrogen and oxygen atoms in total. The molecule has 0 radical (unpaired) electrons. The van der Waals surface area contributed by atoms with E-state index in [1.165, 1.54) is 11.0 Å². The average Bonchev–Trinajstić information content (AvgIpc) is 3.13. The molecule has 112 valence electrons. The van der Waals surface area contributed by atoms with Gasteiger partial charge in [0.2, 0.25) is 4.77 Å². The van der Waals surface area contributed by atoms with Crippen molar-refractivity contribution in [3.63, 3.8) is 0 Å². The van der Waals surface area contributed by atoms with Gasteiger partial charge < -0.3 is 9.15 Å². The molecule has 0 atom stereocenters. The highest BCUT2D eigenvalue weighted by Crippen LogP contribution is 2.17. The summed E-state index contributed by atoms with van der Waals surface area (Å²) in [5.41, 5.74) is 0. The van der Waals surface area contributed by atoms with E-state index in [1.54, 1.807) is 6.21 Å². The van der Waals surface area contributed by atoms with Crippen LogP contribution in [0.4, 0.5) is 0 Å². The topological polar surface area (TPSA) is 68.3 Å². The van der Waals surface area contributed by atoms with E-state index in [1.807, 2.05) is 36.4 Å². The third kappa shape index (κ3) is 3.71. The van der Waals surface area contributed by atoms with E-state index < -0.39 is 0 Å². The van der Waals surface area contributed by atoms with Gasteiger partial charge in [-0.05, 0) is 48.6 Å². The molecule has 2 heterocycles. The summed E-state index contributed by atoms with van der Waals surface area (Å²) in [6, 6.07) is 11.3. The second kappa shape index (κ2) is 6.71. The second-order valence-electron chi connectivity index (χ2n) is 4.30. The van der Waals surface area contributed by atoms with E-state index in [4.69, 9.17) is 21.4 Å². The Kier molecular flexibility index (Phi) is 4.50. The molecule has 0 spiro atoms. The summed E-state index contributed by atoms with van der Waals surface area (Å²) in [5, 5.41) is 10.5. The third-order valence-corrected chi connectivity index (χ3v) is 3.53. The van der Waals surface area contributed by atoms with Crippen molar-refractivity contribution in [2.24, 2.45) is 5.10 Å². The molecule has 0 saturated heterocycles. The monoisotopic (exact) mass is 378 g/mol. The Labute approximate surface area is 139 Å². The van der Waals surface area contributed by atoms with Crippen LogP contribution in [0.15, 0.2) is 56.7 Å². The first kappa shape index (κ1) is 14.7. The van der Waals surface area contributed by atoms with Crippen molar-refractivity contribution in [3.8, 4) is 5.75 Å². The second-order valence-corrected chi connectivity index (χ2v) is 5.60. The van der Waals surface area contributed by atoms with Crippen LogP contribution in [0.3, 0.4) is 0 Å². The Balaban J connectivity index is 1.61. The van der Waals surface area contributed by atoms with Crippen LogP contribution < -0.4 is 4.74 Å². The number of aromatic nitrogens is 3. The van der Waals surface area contributed by atoms with Crippen LogP contribution in [0, 0.1) is 4.77 Å². The van der Waals surface area contributed by atoms with E-state index in [-0.39, 0.29) is 0 Å². The lowest BCUT2D eigenvalue weighted by Crippen LogP contribution is -1.93. The lowest BCUT2D eigenvalue weighted by Gasteiger charge is -2.03. The van der Waals surface area contributed by atoms with Gasteiger partial charge in [0.1, 0.15) is 30.2 Å². The van der Waals surface area contributed by atoms with E-state index in [2.05, 4.69) is 31.2 Å². The number of hydrogen-bond donors (Lipinski definition) is 1. The average molecular weight is 379 g/mol. The predicted octanol–water partition coefficient (Wildman–Crippen LogP) is 3.76. The summed E-state index contributed by atoms with van der Waals surface area (Å²) in [4.78, 5) is 0. The normalized spacial score (nSPS) is 11.1. The Morgan fingerprint density at radius 1 is 1.32 bits per heavy atom. The minimum atomic E-state index is 0.348. The maximum absolute atomic E-state index is 5.63. The summed E-state index contributed by atoms with van der Waals surface area (Å²) in [7, 11) is 0. The van der Waals surface area contributed by atoms with Gasteiger partial charge in [0.25, 0.3) is 0 Å². The molecule has 3 aromatic rings. The van der Waals surface area contributed by atoms with Gasteiger partial charge in [-0.2, -0.15) is 14.9 Å². The van der Waals surface area contributed by atoms with Crippen LogP contribution in [-0.2, 0) is 6.61 Å². The van der Waals surface area contributed by atoms with Crippen molar-refractivity contribution in [3.05, 3.63) is 63.5 Å². The number of nitrogens with zero attached hydrogens (tertiary/aromatic N) is 3. The number of H-pyrrole nitrogens is 1. The molecule has 22 heavy (non-hydrogen) atoms. The molecular weight excluding hydrogens is 368 g/mol. The van der Waals surface area contributed by atoms with Gasteiger partial charge >= 0.3 is 0 Å². The van der Waals surface area contributed by atoms with Gasteiger partial charge in [-0.3, -0.25) is 5.10 Å². The number of benzene rings is 1. The SMILES string of the molecule is S=c1[nH]ncn1/N=C\c1ccc(COc2ccc(Br)cc2)o1. The summed E-state index contributed by atoms with van der Waals surface area (Å²) >= 11 is 8.37. The van der Waals surface area contributed by atoms with E-state index in [9.17, 15) is 0 Å². The summed E-state index contributed by atoms with van der Waals surface area (Å²) < 4.78 is 14.1. The highest BCUT2D eigenvalue weighted by molar-refractivity contribution is 9.10. The van der Waals surface area contributed by atoms with Crippen LogP contribution >= 0.6 is 28.1 Å². The fraction of sp³-hybridized carbons (Fsp3) is 0.0714. The standard InChI is InChI=1S/C14H11BrN4O2S/c15-10-1-3-11(4-2-10)20-8-13-6-5-12(21-13)7-17-19-9-16-18-14(19)22/h1-7,9H,8H2,(H,18,22)/b17-7-. The van der Waals surface area contributed by atoms with E-state index in [0.29, 0.717) is 22.9 Å². The smallest absolute Gasteiger partial charge is 0.216 e. The Morgan fingerprint density at radius 3 is 2.86 bits per heavy atom. The van der Waals surface area contributed by atoms with Crippen molar-refractivity contribution in [1.82, 2.24) is 14.9 Å². The minimum Gasteiger partial charge on any atom is -0.486 e. The lowest BCUT2D eigenvalue weighted by atomic mass is 10.3. The van der Waals surface area contributed by atoms with Crippen LogP contribution in [0.5, 0.6) is 5.75 Å². The van der Waals surface area contributed by atoms with Gasteiger partial charge in [0.05, 0.1) is 6.21 Å². The Morgan fingerprint density at radius 2 is 2.14 bits per heavy atom. The van der Waals surface area contributed by atoms with Crippen LogP contribution in [-0.4, -0.2) is 21.1 Å². The summed E-state index contributed by atoms with van der Waals surface area (Å²) in [6.45, 7) is 0.348. The number of halogens is 1. The zero-order valence-corrected chi connectivity index (χ0v) is 13.7. The van der Waals surface area contributed by atoms with Crippen molar-refractivity contribution in [2.45, 2.75) is 6.61 Å². The highest BCUT2D eigenvalue weighted by atomic mass is 79.9. The molecule has 0 unspecified atom stereocenters. The van der Waals surface area contributed by atoms with Gasteiger partial charge in [0, 0.05) is 4.47 Å². The fourth-order valence-corrected chi connectivity index (χ4v) is 2.08. The molecule has 0 aliphatic heterocycles. The molecule has 3 rings (SSSR count). The van der Waals surface area contributed by atoms with Crippen LogP contribution in [0.25, 0.3) is 0 Å². The molecule has 0 amide bonds. The zero-order chi connectivity index (χ0) is 15.4. The molecular formula is C14H11BrN4O2S. The quantitative estimate of drug-likeness (QED) is 0.542. The number of furan rings is 1. The summed E-state index contributed by atoms with van der Waals surface area (Å²) in [5.74, 6) is 2.09. The molecule has 0 fully saturated rings. The van der Waals surface area contributed by atoms with Gasteiger partial charge in [0.15, 0.2) is 0 Å². The molecule has 2 aromatic heterocycles. The third-order valence-electron chi connectivity index (χ3n) is 2.72. The van der Waals surface area contributed by atoms with Crippen molar-refractivity contribution >= 4 is 34.4 Å². The van der Waals surface area contributed by atoms with Crippen LogP contribution in [0.1, 0.15) is 11.5 Å². The first-order valence-electron chi connectivity index (χ1n) is 6.34. The van der Waals surface area contributed by atoms with E-state index in [0.717, 1.165) is 10.2 Å². The van der Waals surface area contributed by atoms with Crippen molar-refractivity contribution in [1.29, 1.82) is 0 Å². The maximum atomic E-state index is 5.63. The molecule has 0 aliphatic carbocycles. The lowest BCUT2D eigenvalue weighted by molar-refractivity contribution is 0.270. The molecule has 1 N–H and O–H groups in total. The van der Waals surface area contributed by atoms with Gasteiger partial charge in [-0.15, -0.1) is 0 Å². The largest absolute Gasteiger partial charge is 0.486 e. The number of rotatable bonds is 5. The van der Waals surface area contributed by atoms with Gasteiger partial charge in [-0.25, -0.2) is 0 Å². The van der Waals surface area contributed by atoms with Crippen LogP contribution in [0.2, 0.25) is 0 Å². The first-order chi connectivity index (χ1) is 10.7. The number of ether oxygens (including phenoxy) is 1. The van der Waals surface area contributed by atoms with Gasteiger partial charge in [-0.1, -0.05) is 15.9 Å². The van der Waals surface area contributed by atoms with Crippen molar-refractivity contribution < 1.29 is 9.15 Å². The number of nitrogens with one attached hydrogen (secondary N) is 1. The number of aromatic amines is 1. The fourth-order valence-electron chi connectivity index (χ4n) is 1.67. The molecule has 0 saturated carbocycles. The zero-order valence-electron chi connectivity index (χ0n) is 11.3.